The third-order valence-electron chi connectivity index (χ3n) is 18.6. The number of ether oxygens (including phenoxy) is 2. The second-order valence-corrected chi connectivity index (χ2v) is 34.3. The van der Waals surface area contributed by atoms with Gasteiger partial charge < -0.3 is 44.1 Å². The van der Waals surface area contributed by atoms with Crippen molar-refractivity contribution in [2.24, 2.45) is 11.3 Å². The number of hydrogen-bond donors (Lipinski definition) is 5. The minimum absolute atomic E-state index is 0.0974. The average molecular weight is 1080 g/mol. The fraction of sp³-hybridized carbons (Fsp3) is 0.614. The van der Waals surface area contributed by atoms with Crippen LogP contribution in [0.5, 0.6) is 5.75 Å². The molecule has 5 N–H and O–H groups in total. The van der Waals surface area contributed by atoms with Gasteiger partial charge in [0.25, 0.3) is 5.91 Å². The molecule has 18 heteroatoms. The molecule has 406 valence electrons. The van der Waals surface area contributed by atoms with Gasteiger partial charge >= 0.3 is 5.97 Å². The third-order valence-corrected chi connectivity index (χ3v) is 28.4. The van der Waals surface area contributed by atoms with Crippen LogP contribution in [0.15, 0.2) is 66.1 Å². The van der Waals surface area contributed by atoms with Crippen molar-refractivity contribution >= 4 is 56.9 Å². The molecule has 3 fully saturated rings. The molecule has 1 aliphatic carbocycles. The molecule has 15 nitrogen and oxygen atoms in total. The summed E-state index contributed by atoms with van der Waals surface area (Å²) in [6, 6.07) is 12.0. The van der Waals surface area contributed by atoms with Crippen LogP contribution in [-0.4, -0.2) is 164 Å². The van der Waals surface area contributed by atoms with Crippen molar-refractivity contribution in [3.05, 3.63) is 88.9 Å². The topological polar surface area (TPSA) is 186 Å². The molecular weight excluding hydrogens is 999 g/mol. The average Bonchev–Trinajstić information content (AvgIpc) is 4.25. The summed E-state index contributed by atoms with van der Waals surface area (Å²) in [4.78, 5) is 50.7. The molecule has 6 aliphatic rings. The van der Waals surface area contributed by atoms with Crippen LogP contribution >= 0.6 is 11.8 Å². The number of aliphatic hydroxyl groups is 3. The number of methoxy groups -OCH3 is 2. The van der Waals surface area contributed by atoms with Crippen LogP contribution in [0.4, 0.5) is 5.69 Å². The number of aryl methyl sites for hydroxylation is 1. The van der Waals surface area contributed by atoms with Gasteiger partial charge in [0.2, 0.25) is 0 Å². The van der Waals surface area contributed by atoms with Gasteiger partial charge in [0.15, 0.2) is 27.4 Å². The Labute approximate surface area is 449 Å². The van der Waals surface area contributed by atoms with Gasteiger partial charge in [-0.05, 0) is 125 Å². The van der Waals surface area contributed by atoms with E-state index in [0.717, 1.165) is 62.0 Å². The Morgan fingerprint density at radius 3 is 2.44 bits per heavy atom. The lowest BCUT2D eigenvalue weighted by molar-refractivity contribution is -0.203. The highest BCUT2D eigenvalue weighted by atomic mass is 32.2. The first-order valence-electron chi connectivity index (χ1n) is 27.5. The maximum Gasteiger partial charge on any atom is 0.322 e. The molecule has 1 spiro atoms. The number of anilines is 1. The molecule has 2 aromatic heterocycles. The highest BCUT2D eigenvalue weighted by Crippen LogP contribution is 2.67. The molecule has 2 aromatic carbocycles. The van der Waals surface area contributed by atoms with Crippen LogP contribution in [0.2, 0.25) is 32.2 Å². The zero-order valence-corrected chi connectivity index (χ0v) is 48.7. The number of esters is 1. The zero-order valence-electron chi connectivity index (χ0n) is 45.9. The summed E-state index contributed by atoms with van der Waals surface area (Å²) in [6.07, 6.45) is 11.2. The lowest BCUT2D eigenvalue weighted by Gasteiger charge is -2.63. The monoisotopic (exact) mass is 1080 g/mol. The SMILES string of the molecule is CCc1cnc(SC[Si](C)(C)O[Si](C)(C)CCCNC(=O)[C@@]2(O)[C@H](O)[C@]3(CC)C=CCN4CC[C@@]5(c6cc([C@@]7(C(=O)OC)C[C@H]8CN(CCc9c7[nH]c7ccccc97)C[C@](O)(CC)C8)c(OC)cc6N(C)[C@@H]25)[C@@H]43)nc1. The van der Waals surface area contributed by atoms with Crippen LogP contribution in [0.25, 0.3) is 10.9 Å². The highest BCUT2D eigenvalue weighted by molar-refractivity contribution is 8.00. The van der Waals surface area contributed by atoms with Crippen molar-refractivity contribution in [1.82, 2.24) is 30.1 Å². The number of benzene rings is 2. The number of fused-ring (bicyclic) bond motifs is 6. The van der Waals surface area contributed by atoms with Crippen molar-refractivity contribution in [1.29, 1.82) is 0 Å². The van der Waals surface area contributed by atoms with E-state index in [-0.39, 0.29) is 12.0 Å². The third kappa shape index (κ3) is 8.75. The first kappa shape index (κ1) is 54.2. The zero-order chi connectivity index (χ0) is 53.5. The minimum Gasteiger partial charge on any atom is -0.496 e. The Morgan fingerprint density at radius 1 is 0.973 bits per heavy atom. The molecule has 1 amide bonds. The number of aliphatic hydroxyl groups excluding tert-OH is 1. The van der Waals surface area contributed by atoms with Gasteiger partial charge in [0, 0.05) is 108 Å². The molecule has 1 unspecified atom stereocenters. The predicted octanol–water partition coefficient (Wildman–Crippen LogP) is 6.86. The molecule has 2 bridgehead atoms. The smallest absolute Gasteiger partial charge is 0.322 e. The lowest BCUT2D eigenvalue weighted by Crippen LogP contribution is -2.81. The van der Waals surface area contributed by atoms with Crippen LogP contribution in [0.1, 0.15) is 87.2 Å². The number of thioether (sulfide) groups is 1. The van der Waals surface area contributed by atoms with E-state index in [1.54, 1.807) is 18.9 Å². The molecule has 7 heterocycles. The summed E-state index contributed by atoms with van der Waals surface area (Å²) in [7, 11) is 0.685. The molecule has 1 saturated carbocycles. The number of carbonyl (C=O) groups is 2. The number of H-pyrrole nitrogens is 1. The number of rotatable bonds is 16. The fourth-order valence-electron chi connectivity index (χ4n) is 15.6. The Bertz CT molecular complexity index is 2850. The van der Waals surface area contributed by atoms with E-state index < -0.39 is 68.1 Å². The van der Waals surface area contributed by atoms with Gasteiger partial charge in [-0.2, -0.15) is 0 Å². The lowest BCUT2D eigenvalue weighted by atomic mass is 9.47. The second-order valence-electron chi connectivity index (χ2n) is 24.1. The Balaban J connectivity index is 1.03. The number of nitrogens with zero attached hydrogens (tertiary/aromatic N) is 5. The number of hydrogen-bond acceptors (Lipinski definition) is 14. The van der Waals surface area contributed by atoms with E-state index in [9.17, 15) is 15.3 Å². The number of para-hydroxylation sites is 1. The Morgan fingerprint density at radius 2 is 1.73 bits per heavy atom. The highest BCUT2D eigenvalue weighted by Gasteiger charge is 2.78. The summed E-state index contributed by atoms with van der Waals surface area (Å²) < 4.78 is 19.5. The van der Waals surface area contributed by atoms with E-state index in [4.69, 9.17) is 13.6 Å². The summed E-state index contributed by atoms with van der Waals surface area (Å²) in [5.41, 5.74) is -0.325. The fourth-order valence-corrected chi connectivity index (χ4v) is 25.9. The number of piperidine rings is 1. The van der Waals surface area contributed by atoms with Gasteiger partial charge in [0.1, 0.15) is 17.3 Å². The molecule has 10 rings (SSSR count). The minimum atomic E-state index is -2.27. The van der Waals surface area contributed by atoms with Gasteiger partial charge in [-0.15, -0.1) is 0 Å². The largest absolute Gasteiger partial charge is 0.496 e. The first-order valence-corrected chi connectivity index (χ1v) is 34.7. The summed E-state index contributed by atoms with van der Waals surface area (Å²) in [5.74, 6) is -0.631. The molecule has 10 atom stereocenters. The number of aromatic nitrogens is 3. The standard InChI is InChI=1S/C57H81N7O8SSi2/c1-11-37-32-59-52(60-33-37)73-36-75(9,10)72-74(7,8)27-17-23-58-50(66)57(69)48-55(22-26-64-24-16-21-54(13-3,47(55)64)49(57)65)41-28-42(45(70-5)29-44(41)62(48)4)56(51(67)71-6)31-38-30-53(68,12-2)35-63(34-38)25-20-40-39-18-14-15-19-43(39)61-46(40)56/h14-16,18-19,21,28-29,32-33,38,47-49,61,65,68-69H,11-13,17,20,22-27,30-31,34-36H2,1-10H3,(H,58,66)/t38-,47-,48+,49+,53-,54+,55+,56-,57-/m0/s1. The maximum atomic E-state index is 15.6. The first-order chi connectivity index (χ1) is 35.7. The second kappa shape index (κ2) is 20.0. The van der Waals surface area contributed by atoms with Crippen LogP contribution in [-0.2, 0) is 42.1 Å². The number of aromatic amines is 1. The number of likely N-dealkylation sites (N-methyl/N-ethyl adjacent to an activating group) is 1. The summed E-state index contributed by atoms with van der Waals surface area (Å²) >= 11 is 1.65. The van der Waals surface area contributed by atoms with Crippen LogP contribution in [0.3, 0.4) is 0 Å². The van der Waals surface area contributed by atoms with Crippen molar-refractivity contribution in [3.8, 4) is 5.75 Å². The molecule has 75 heavy (non-hydrogen) atoms. The number of carbonyl (C=O) groups excluding carboxylic acids is 2. The van der Waals surface area contributed by atoms with Gasteiger partial charge in [-0.25, -0.2) is 9.97 Å². The number of amides is 1. The van der Waals surface area contributed by atoms with E-state index in [2.05, 4.69) is 100 Å². The van der Waals surface area contributed by atoms with E-state index in [1.807, 2.05) is 49.5 Å². The predicted molar refractivity (Wildman–Crippen MR) is 299 cm³/mol. The van der Waals surface area contributed by atoms with E-state index >= 15 is 9.59 Å². The molecule has 4 aromatic rings. The van der Waals surface area contributed by atoms with E-state index in [1.165, 1.54) is 7.11 Å². The summed E-state index contributed by atoms with van der Waals surface area (Å²) in [6.45, 7) is 18.8. The molecule has 2 saturated heterocycles. The summed E-state index contributed by atoms with van der Waals surface area (Å²) in [5, 5.41) is 44.8. The van der Waals surface area contributed by atoms with Crippen molar-refractivity contribution in [2.75, 3.05) is 70.8 Å². The van der Waals surface area contributed by atoms with Gasteiger partial charge in [-0.3, -0.25) is 19.4 Å². The molecule has 5 aliphatic heterocycles. The molecule has 0 radical (unpaired) electrons. The van der Waals surface area contributed by atoms with Crippen molar-refractivity contribution in [3.63, 3.8) is 0 Å². The van der Waals surface area contributed by atoms with E-state index in [0.29, 0.717) is 95.5 Å². The Hall–Kier alpha value is -4.12. The van der Waals surface area contributed by atoms with Crippen LogP contribution in [0, 0.1) is 11.3 Å². The van der Waals surface area contributed by atoms with Gasteiger partial charge in [0.05, 0.1) is 25.9 Å². The Kier molecular flexibility index (Phi) is 14.4. The van der Waals surface area contributed by atoms with Crippen molar-refractivity contribution in [2.45, 2.75) is 150 Å². The van der Waals surface area contributed by atoms with Gasteiger partial charge in [-0.1, -0.05) is 62.9 Å². The quantitative estimate of drug-likeness (QED) is 0.0196. The normalized spacial score (nSPS) is 32.2. The number of nitrogens with one attached hydrogen (secondary N) is 2. The maximum absolute atomic E-state index is 15.6. The molecular formula is C57H81N7O8SSi2. The van der Waals surface area contributed by atoms with Crippen LogP contribution < -0.4 is 15.0 Å². The van der Waals surface area contributed by atoms with Crippen molar-refractivity contribution < 1.29 is 38.5 Å².